The normalized spacial score (nSPS) is 10.4. The number of carbonyl (C=O) groups is 1. The van der Waals surface area contributed by atoms with Crippen molar-refractivity contribution in [3.05, 3.63) is 65.4 Å². The molecule has 3 rings (SSSR count). The summed E-state index contributed by atoms with van der Waals surface area (Å²) in [6.07, 6.45) is 3.40. The number of rotatable bonds is 8. The quantitative estimate of drug-likeness (QED) is 0.540. The van der Waals surface area contributed by atoms with E-state index in [1.165, 1.54) is 11.1 Å². The van der Waals surface area contributed by atoms with Gasteiger partial charge in [-0.3, -0.25) is 0 Å². The van der Waals surface area contributed by atoms with E-state index >= 15 is 0 Å². The fraction of sp³-hybridized carbons (Fsp3) is 0.273. The Hall–Kier alpha value is -3.48. The molecule has 0 unspecified atom stereocenters. The van der Waals surface area contributed by atoms with Gasteiger partial charge in [-0.05, 0) is 43.0 Å². The van der Waals surface area contributed by atoms with Gasteiger partial charge in [0, 0.05) is 5.69 Å². The first-order valence-corrected chi connectivity index (χ1v) is 9.76. The molecular weight excluding hydrogens is 366 g/mol. The van der Waals surface area contributed by atoms with Crippen LogP contribution in [-0.4, -0.2) is 27.8 Å². The van der Waals surface area contributed by atoms with Gasteiger partial charge in [0.25, 0.3) is 0 Å². The molecule has 29 heavy (non-hydrogen) atoms. The Balaban J connectivity index is 1.86. The molecule has 1 aromatic heterocycles. The van der Waals surface area contributed by atoms with Gasteiger partial charge in [0.05, 0.1) is 24.1 Å². The van der Waals surface area contributed by atoms with Crippen LogP contribution in [0.15, 0.2) is 48.7 Å². The molecule has 7 heteroatoms. The standard InChI is InChI=1S/C22H25N5O2/c1-4-15-10-9-11-16(5-2)20(15)25-19-14-23-27-22(26-19)24-18-13-8-7-12-17(18)21(28)29-6-3/h7-14H,4-6H2,1-3H3,(H2,24,25,26,27). The molecule has 0 aliphatic heterocycles. The van der Waals surface area contributed by atoms with Crippen molar-refractivity contribution in [1.82, 2.24) is 15.2 Å². The van der Waals surface area contributed by atoms with Gasteiger partial charge in [0.15, 0.2) is 5.82 Å². The number of anilines is 4. The second-order valence-electron chi connectivity index (χ2n) is 6.34. The Morgan fingerprint density at radius 3 is 2.38 bits per heavy atom. The number of hydrogen-bond donors (Lipinski definition) is 2. The van der Waals surface area contributed by atoms with Gasteiger partial charge in [0.2, 0.25) is 5.95 Å². The van der Waals surface area contributed by atoms with Crippen molar-refractivity contribution < 1.29 is 9.53 Å². The number of carbonyl (C=O) groups excluding carboxylic acids is 1. The Labute approximate surface area is 170 Å². The number of benzene rings is 2. The van der Waals surface area contributed by atoms with Gasteiger partial charge in [0.1, 0.15) is 0 Å². The van der Waals surface area contributed by atoms with Gasteiger partial charge >= 0.3 is 5.97 Å². The van der Waals surface area contributed by atoms with E-state index in [4.69, 9.17) is 4.74 Å². The van der Waals surface area contributed by atoms with E-state index in [0.29, 0.717) is 29.6 Å². The molecule has 0 aliphatic rings. The molecule has 3 aromatic rings. The topological polar surface area (TPSA) is 89.0 Å². The number of aromatic nitrogens is 3. The van der Waals surface area contributed by atoms with Gasteiger partial charge in [-0.15, -0.1) is 5.10 Å². The van der Waals surface area contributed by atoms with Crippen molar-refractivity contribution in [3.8, 4) is 0 Å². The number of hydrogen-bond acceptors (Lipinski definition) is 7. The van der Waals surface area contributed by atoms with E-state index in [1.807, 2.05) is 6.07 Å². The summed E-state index contributed by atoms with van der Waals surface area (Å²) >= 11 is 0. The van der Waals surface area contributed by atoms with Crippen LogP contribution in [0.2, 0.25) is 0 Å². The fourth-order valence-electron chi connectivity index (χ4n) is 3.05. The molecule has 150 valence electrons. The monoisotopic (exact) mass is 391 g/mol. The van der Waals surface area contributed by atoms with Crippen LogP contribution >= 0.6 is 0 Å². The average molecular weight is 391 g/mol. The van der Waals surface area contributed by atoms with E-state index in [-0.39, 0.29) is 0 Å². The molecule has 0 fully saturated rings. The van der Waals surface area contributed by atoms with E-state index < -0.39 is 5.97 Å². The van der Waals surface area contributed by atoms with Gasteiger partial charge < -0.3 is 15.4 Å². The van der Waals surface area contributed by atoms with Crippen LogP contribution in [0.5, 0.6) is 0 Å². The first kappa shape index (κ1) is 20.3. The van der Waals surface area contributed by atoms with Crippen LogP contribution in [0.3, 0.4) is 0 Å². The highest BCUT2D eigenvalue weighted by molar-refractivity contribution is 5.96. The molecule has 2 aromatic carbocycles. The molecule has 0 atom stereocenters. The summed E-state index contributed by atoms with van der Waals surface area (Å²) < 4.78 is 5.11. The molecule has 0 aliphatic carbocycles. The lowest BCUT2D eigenvalue weighted by molar-refractivity contribution is 0.0527. The van der Waals surface area contributed by atoms with Crippen molar-refractivity contribution in [1.29, 1.82) is 0 Å². The highest BCUT2D eigenvalue weighted by Gasteiger charge is 2.14. The van der Waals surface area contributed by atoms with E-state index in [9.17, 15) is 4.79 Å². The third-order valence-corrected chi connectivity index (χ3v) is 4.48. The van der Waals surface area contributed by atoms with Crippen molar-refractivity contribution in [2.75, 3.05) is 17.2 Å². The number of aryl methyl sites for hydroxylation is 2. The van der Waals surface area contributed by atoms with Crippen LogP contribution in [-0.2, 0) is 17.6 Å². The Morgan fingerprint density at radius 1 is 0.966 bits per heavy atom. The first-order chi connectivity index (χ1) is 14.2. The van der Waals surface area contributed by atoms with Crippen LogP contribution in [0.25, 0.3) is 0 Å². The molecule has 0 radical (unpaired) electrons. The molecule has 0 saturated heterocycles. The molecule has 0 bridgehead atoms. The maximum absolute atomic E-state index is 12.2. The number of para-hydroxylation sites is 2. The zero-order valence-electron chi connectivity index (χ0n) is 16.9. The van der Waals surface area contributed by atoms with Crippen molar-refractivity contribution in [3.63, 3.8) is 0 Å². The second-order valence-corrected chi connectivity index (χ2v) is 6.34. The summed E-state index contributed by atoms with van der Waals surface area (Å²) in [5.41, 5.74) is 4.46. The summed E-state index contributed by atoms with van der Waals surface area (Å²) in [6.45, 7) is 6.32. The lowest BCUT2D eigenvalue weighted by Crippen LogP contribution is -2.10. The number of nitrogens with one attached hydrogen (secondary N) is 2. The second kappa shape index (κ2) is 9.64. The van der Waals surface area contributed by atoms with Crippen LogP contribution in [0, 0.1) is 0 Å². The lowest BCUT2D eigenvalue weighted by Gasteiger charge is -2.15. The van der Waals surface area contributed by atoms with Crippen molar-refractivity contribution in [2.24, 2.45) is 0 Å². The predicted molar refractivity (Wildman–Crippen MR) is 114 cm³/mol. The minimum atomic E-state index is -0.401. The number of ether oxygens (including phenoxy) is 1. The maximum Gasteiger partial charge on any atom is 0.340 e. The molecule has 1 heterocycles. The van der Waals surface area contributed by atoms with Crippen molar-refractivity contribution in [2.45, 2.75) is 33.6 Å². The zero-order chi connectivity index (χ0) is 20.6. The largest absolute Gasteiger partial charge is 0.462 e. The van der Waals surface area contributed by atoms with Gasteiger partial charge in [-0.1, -0.05) is 44.2 Å². The summed E-state index contributed by atoms with van der Waals surface area (Å²) in [6, 6.07) is 13.3. The summed E-state index contributed by atoms with van der Waals surface area (Å²) in [4.78, 5) is 16.7. The molecular formula is C22H25N5O2. The minimum Gasteiger partial charge on any atom is -0.462 e. The molecule has 2 N–H and O–H groups in total. The van der Waals surface area contributed by atoms with Gasteiger partial charge in [-0.25, -0.2) is 4.79 Å². The minimum absolute atomic E-state index is 0.291. The summed E-state index contributed by atoms with van der Waals surface area (Å²) in [5.74, 6) is 0.466. The Morgan fingerprint density at radius 2 is 1.69 bits per heavy atom. The van der Waals surface area contributed by atoms with E-state index in [0.717, 1.165) is 18.5 Å². The van der Waals surface area contributed by atoms with Crippen LogP contribution in [0.1, 0.15) is 42.3 Å². The maximum atomic E-state index is 12.2. The average Bonchev–Trinajstić information content (AvgIpc) is 2.74. The third-order valence-electron chi connectivity index (χ3n) is 4.48. The molecule has 0 amide bonds. The smallest absolute Gasteiger partial charge is 0.340 e. The lowest BCUT2D eigenvalue weighted by atomic mass is 10.0. The molecule has 0 spiro atoms. The predicted octanol–water partition coefficient (Wildman–Crippen LogP) is 4.66. The van der Waals surface area contributed by atoms with Crippen LogP contribution < -0.4 is 10.6 Å². The van der Waals surface area contributed by atoms with Crippen LogP contribution in [0.4, 0.5) is 23.1 Å². The highest BCUT2D eigenvalue weighted by Crippen LogP contribution is 2.26. The first-order valence-electron chi connectivity index (χ1n) is 9.76. The third kappa shape index (κ3) is 4.87. The summed E-state index contributed by atoms with van der Waals surface area (Å²) in [7, 11) is 0. The SMILES string of the molecule is CCOC(=O)c1ccccc1Nc1nncc(Nc2c(CC)cccc2CC)n1. The zero-order valence-corrected chi connectivity index (χ0v) is 16.9. The van der Waals surface area contributed by atoms with E-state index in [1.54, 1.807) is 31.3 Å². The Bertz CT molecular complexity index is 968. The molecule has 0 saturated carbocycles. The van der Waals surface area contributed by atoms with E-state index in [2.05, 4.69) is 57.9 Å². The number of esters is 1. The highest BCUT2D eigenvalue weighted by atomic mass is 16.5. The van der Waals surface area contributed by atoms with Gasteiger partial charge in [-0.2, -0.15) is 10.1 Å². The van der Waals surface area contributed by atoms with Crippen molar-refractivity contribution >= 4 is 29.1 Å². The summed E-state index contributed by atoms with van der Waals surface area (Å²) in [5, 5.41) is 14.5. The Kier molecular flexibility index (Phi) is 6.73. The fourth-order valence-corrected chi connectivity index (χ4v) is 3.05. The number of nitrogens with zero attached hydrogens (tertiary/aromatic N) is 3. The molecule has 7 nitrogen and oxygen atoms in total.